The van der Waals surface area contributed by atoms with Crippen LogP contribution in [0.4, 0.5) is 0 Å². The first-order chi connectivity index (χ1) is 13.1. The number of nitrogens with zero attached hydrogens (tertiary/aromatic N) is 1. The van der Waals surface area contributed by atoms with Crippen molar-refractivity contribution in [1.29, 1.82) is 0 Å². The Kier molecular flexibility index (Phi) is 6.66. The summed E-state index contributed by atoms with van der Waals surface area (Å²) in [5, 5.41) is 1.23. The minimum absolute atomic E-state index is 0.0116. The molecule has 0 bridgehead atoms. The van der Waals surface area contributed by atoms with Gasteiger partial charge in [0.2, 0.25) is 10.0 Å². The zero-order chi connectivity index (χ0) is 19.1. The minimum Gasteiger partial charge on any atom is -0.497 e. The topological polar surface area (TPSA) is 58.6 Å². The van der Waals surface area contributed by atoms with Gasteiger partial charge < -0.3 is 4.74 Å². The Morgan fingerprint density at radius 1 is 1.11 bits per heavy atom. The van der Waals surface area contributed by atoms with E-state index in [-0.39, 0.29) is 6.04 Å². The summed E-state index contributed by atoms with van der Waals surface area (Å²) in [7, 11) is -1.88. The van der Waals surface area contributed by atoms with E-state index in [1.807, 2.05) is 54.6 Å². The number of sulfonamides is 1. The summed E-state index contributed by atoms with van der Waals surface area (Å²) in [5.74, 6) is 0.781. The van der Waals surface area contributed by atoms with Crippen molar-refractivity contribution in [3.63, 3.8) is 0 Å². The second-order valence-corrected chi connectivity index (χ2v) is 8.29. The van der Waals surface area contributed by atoms with Crippen molar-refractivity contribution in [2.45, 2.75) is 18.9 Å². The molecule has 2 aromatic rings. The molecular formula is C21H26N2O3S. The number of hydrogen-bond acceptors (Lipinski definition) is 4. The van der Waals surface area contributed by atoms with Gasteiger partial charge >= 0.3 is 0 Å². The first-order valence-electron chi connectivity index (χ1n) is 9.18. The third kappa shape index (κ3) is 5.66. The zero-order valence-electron chi connectivity index (χ0n) is 15.5. The molecular weight excluding hydrogens is 360 g/mol. The first kappa shape index (κ1) is 19.6. The summed E-state index contributed by atoms with van der Waals surface area (Å²) in [4.78, 5) is 2.33. The Balaban J connectivity index is 1.73. The van der Waals surface area contributed by atoms with E-state index in [1.165, 1.54) is 5.41 Å². The van der Waals surface area contributed by atoms with Gasteiger partial charge in [0, 0.05) is 18.0 Å². The molecule has 3 rings (SSSR count). The van der Waals surface area contributed by atoms with E-state index >= 15 is 0 Å². The fourth-order valence-electron chi connectivity index (χ4n) is 3.34. The van der Waals surface area contributed by atoms with E-state index in [1.54, 1.807) is 13.2 Å². The van der Waals surface area contributed by atoms with Gasteiger partial charge in [-0.05, 0) is 55.3 Å². The second-order valence-electron chi connectivity index (χ2n) is 6.64. The molecule has 1 atom stereocenters. The van der Waals surface area contributed by atoms with Crippen molar-refractivity contribution in [1.82, 2.24) is 9.62 Å². The lowest BCUT2D eigenvalue weighted by Gasteiger charge is -2.28. The molecule has 144 valence electrons. The van der Waals surface area contributed by atoms with E-state index < -0.39 is 10.0 Å². The number of hydrogen-bond donors (Lipinski definition) is 1. The quantitative estimate of drug-likeness (QED) is 0.755. The molecule has 1 heterocycles. The normalized spacial score (nSPS) is 16.6. The highest BCUT2D eigenvalue weighted by Gasteiger charge is 2.25. The molecule has 0 aliphatic carbocycles. The van der Waals surface area contributed by atoms with Gasteiger partial charge in [-0.3, -0.25) is 4.90 Å². The number of benzene rings is 2. The molecule has 27 heavy (non-hydrogen) atoms. The maximum absolute atomic E-state index is 12.4. The first-order valence-corrected chi connectivity index (χ1v) is 10.7. The van der Waals surface area contributed by atoms with Crippen molar-refractivity contribution in [2.75, 3.05) is 26.7 Å². The molecule has 0 aromatic heterocycles. The molecule has 5 nitrogen and oxygen atoms in total. The molecule has 0 radical (unpaired) electrons. The number of ether oxygens (including phenoxy) is 1. The molecule has 0 spiro atoms. The van der Waals surface area contributed by atoms with Crippen molar-refractivity contribution in [2.24, 2.45) is 0 Å². The predicted octanol–water partition coefficient (Wildman–Crippen LogP) is 3.42. The van der Waals surface area contributed by atoms with Crippen LogP contribution >= 0.6 is 0 Å². The van der Waals surface area contributed by atoms with Gasteiger partial charge in [-0.25, -0.2) is 13.1 Å². The highest BCUT2D eigenvalue weighted by molar-refractivity contribution is 7.92. The van der Waals surface area contributed by atoms with Gasteiger partial charge in [-0.15, -0.1) is 0 Å². The standard InChI is InChI=1S/C21H26N2O3S/c1-26-20-11-7-10-19(16-20)21(23-13-5-6-14-23)17-22-27(24,25)15-12-18-8-3-2-4-9-18/h2-4,7-12,15-16,21-22H,5-6,13-14,17H2,1H3/b15-12+. The summed E-state index contributed by atoms with van der Waals surface area (Å²) in [6.45, 7) is 2.28. The van der Waals surface area contributed by atoms with Crippen molar-refractivity contribution in [3.8, 4) is 5.75 Å². The van der Waals surface area contributed by atoms with Crippen molar-refractivity contribution in [3.05, 3.63) is 71.1 Å². The van der Waals surface area contributed by atoms with Crippen LogP contribution < -0.4 is 9.46 Å². The third-order valence-corrected chi connectivity index (χ3v) is 5.84. The number of methoxy groups -OCH3 is 1. The molecule has 1 aliphatic rings. The molecule has 2 aromatic carbocycles. The highest BCUT2D eigenvalue weighted by atomic mass is 32.2. The predicted molar refractivity (Wildman–Crippen MR) is 109 cm³/mol. The molecule has 1 aliphatic heterocycles. The number of rotatable bonds is 8. The van der Waals surface area contributed by atoms with Crippen LogP contribution in [0.25, 0.3) is 6.08 Å². The maximum atomic E-state index is 12.4. The average Bonchev–Trinajstić information content (AvgIpc) is 3.22. The van der Waals surface area contributed by atoms with Gasteiger partial charge in [0.15, 0.2) is 0 Å². The zero-order valence-corrected chi connectivity index (χ0v) is 16.4. The van der Waals surface area contributed by atoms with E-state index in [9.17, 15) is 8.42 Å². The Hall–Kier alpha value is -2.15. The van der Waals surface area contributed by atoms with Crippen molar-refractivity contribution >= 4 is 16.1 Å². The third-order valence-electron chi connectivity index (χ3n) is 4.78. The van der Waals surface area contributed by atoms with E-state index in [0.717, 1.165) is 42.8 Å². The second kappa shape index (κ2) is 9.17. The molecule has 1 unspecified atom stereocenters. The SMILES string of the molecule is COc1cccc(C(CNS(=O)(=O)/C=C/c2ccccc2)N2CCCC2)c1. The lowest BCUT2D eigenvalue weighted by atomic mass is 10.1. The smallest absolute Gasteiger partial charge is 0.233 e. The summed E-state index contributed by atoms with van der Waals surface area (Å²) < 4.78 is 33.0. The Morgan fingerprint density at radius 3 is 2.56 bits per heavy atom. The lowest BCUT2D eigenvalue weighted by molar-refractivity contribution is 0.246. The van der Waals surface area contributed by atoms with Crippen LogP contribution in [0.15, 0.2) is 60.0 Å². The maximum Gasteiger partial charge on any atom is 0.233 e. The minimum atomic E-state index is -3.52. The van der Waals surface area contributed by atoms with Gasteiger partial charge in [0.1, 0.15) is 5.75 Å². The van der Waals surface area contributed by atoms with Crippen LogP contribution in [-0.4, -0.2) is 40.1 Å². The van der Waals surface area contributed by atoms with Crippen molar-refractivity contribution < 1.29 is 13.2 Å². The molecule has 1 N–H and O–H groups in total. The number of likely N-dealkylation sites (tertiary alicyclic amines) is 1. The molecule has 1 fully saturated rings. The van der Waals surface area contributed by atoms with Crippen LogP contribution in [0.2, 0.25) is 0 Å². The summed E-state index contributed by atoms with van der Waals surface area (Å²) in [6, 6.07) is 17.2. The van der Waals surface area contributed by atoms with E-state index in [2.05, 4.69) is 9.62 Å². The average molecular weight is 387 g/mol. The van der Waals surface area contributed by atoms with Crippen LogP contribution in [-0.2, 0) is 10.0 Å². The fraction of sp³-hybridized carbons (Fsp3) is 0.333. The van der Waals surface area contributed by atoms with E-state index in [0.29, 0.717) is 6.54 Å². The lowest BCUT2D eigenvalue weighted by Crippen LogP contribution is -2.36. The van der Waals surface area contributed by atoms with Crippen LogP contribution in [0.3, 0.4) is 0 Å². The molecule has 0 saturated carbocycles. The Morgan fingerprint density at radius 2 is 1.85 bits per heavy atom. The Labute approximate surface area is 161 Å². The number of nitrogens with one attached hydrogen (secondary N) is 1. The molecule has 6 heteroatoms. The molecule has 0 amide bonds. The van der Waals surface area contributed by atoms with Gasteiger partial charge in [0.05, 0.1) is 7.11 Å². The van der Waals surface area contributed by atoms with Crippen LogP contribution in [0.5, 0.6) is 5.75 Å². The van der Waals surface area contributed by atoms with Gasteiger partial charge in [-0.2, -0.15) is 0 Å². The summed E-state index contributed by atoms with van der Waals surface area (Å²) in [5.41, 5.74) is 1.91. The summed E-state index contributed by atoms with van der Waals surface area (Å²) in [6.07, 6.45) is 3.89. The highest BCUT2D eigenvalue weighted by Crippen LogP contribution is 2.27. The van der Waals surface area contributed by atoms with Gasteiger partial charge in [0.25, 0.3) is 0 Å². The van der Waals surface area contributed by atoms with Gasteiger partial charge in [-0.1, -0.05) is 42.5 Å². The summed E-state index contributed by atoms with van der Waals surface area (Å²) >= 11 is 0. The largest absolute Gasteiger partial charge is 0.497 e. The Bertz CT molecular complexity index is 860. The van der Waals surface area contributed by atoms with E-state index in [4.69, 9.17) is 4.74 Å². The van der Waals surface area contributed by atoms with Crippen LogP contribution in [0, 0.1) is 0 Å². The molecule has 1 saturated heterocycles. The fourth-order valence-corrected chi connectivity index (χ4v) is 4.16. The monoisotopic (exact) mass is 386 g/mol. The van der Waals surface area contributed by atoms with Crippen LogP contribution in [0.1, 0.15) is 30.0 Å².